The van der Waals surface area contributed by atoms with E-state index in [1.807, 2.05) is 46.1 Å². The number of carbonyl (C=O) groups excluding carboxylic acids is 1. The summed E-state index contributed by atoms with van der Waals surface area (Å²) in [4.78, 5) is 18.9. The lowest BCUT2D eigenvalue weighted by Gasteiger charge is -2.27. The summed E-state index contributed by atoms with van der Waals surface area (Å²) in [6.45, 7) is 2.93. The maximum atomic E-state index is 12.5. The summed E-state index contributed by atoms with van der Waals surface area (Å²) in [7, 11) is 0. The van der Waals surface area contributed by atoms with E-state index >= 15 is 0 Å². The van der Waals surface area contributed by atoms with Gasteiger partial charge in [0.05, 0.1) is 24.2 Å². The second-order valence-corrected chi connectivity index (χ2v) is 5.93. The highest BCUT2D eigenvalue weighted by Crippen LogP contribution is 2.23. The zero-order chi connectivity index (χ0) is 16.4. The number of nitrogens with zero attached hydrogens (tertiary/aromatic N) is 3. The number of benzene rings is 1. The number of carbonyl (C=O) groups is 1. The molecule has 1 aromatic carbocycles. The number of pyridine rings is 1. The molecule has 2 aromatic heterocycles. The van der Waals surface area contributed by atoms with Crippen LogP contribution in [0.15, 0.2) is 54.9 Å². The van der Waals surface area contributed by atoms with Gasteiger partial charge >= 0.3 is 0 Å². The van der Waals surface area contributed by atoms with Crippen molar-refractivity contribution in [3.05, 3.63) is 54.9 Å². The highest BCUT2D eigenvalue weighted by atomic mass is 16.5. The summed E-state index contributed by atoms with van der Waals surface area (Å²) in [5, 5.41) is 0. The molecule has 3 heterocycles. The molecule has 1 aliphatic heterocycles. The van der Waals surface area contributed by atoms with Crippen LogP contribution in [0, 0.1) is 0 Å². The lowest BCUT2D eigenvalue weighted by Crippen LogP contribution is -2.42. The highest BCUT2D eigenvalue weighted by Gasteiger charge is 2.17. The standard InChI is InChI=1S/C19H19N3O2/c23-19(21-8-10-24-11-9-21)14-22-7-6-17-18(22)12-16(13-20-17)15-4-2-1-3-5-15/h1-7,12-13H,8-11,14H2. The van der Waals surface area contributed by atoms with Crippen LogP contribution in [0.5, 0.6) is 0 Å². The van der Waals surface area contributed by atoms with Gasteiger partial charge in [-0.25, -0.2) is 0 Å². The molecule has 0 saturated carbocycles. The van der Waals surface area contributed by atoms with Crippen molar-refractivity contribution in [1.82, 2.24) is 14.5 Å². The highest BCUT2D eigenvalue weighted by molar-refractivity contribution is 5.84. The van der Waals surface area contributed by atoms with E-state index in [9.17, 15) is 4.79 Å². The van der Waals surface area contributed by atoms with Gasteiger partial charge < -0.3 is 14.2 Å². The van der Waals surface area contributed by atoms with Crippen molar-refractivity contribution in [1.29, 1.82) is 0 Å². The van der Waals surface area contributed by atoms with Crippen LogP contribution in [0.1, 0.15) is 0 Å². The molecule has 1 amide bonds. The van der Waals surface area contributed by atoms with Gasteiger partial charge in [-0.15, -0.1) is 0 Å². The number of hydrogen-bond donors (Lipinski definition) is 0. The molecule has 0 bridgehead atoms. The van der Waals surface area contributed by atoms with E-state index in [-0.39, 0.29) is 5.91 Å². The van der Waals surface area contributed by atoms with Crippen LogP contribution < -0.4 is 0 Å². The SMILES string of the molecule is O=C(Cn1ccc2ncc(-c3ccccc3)cc21)N1CCOCC1. The van der Waals surface area contributed by atoms with Crippen molar-refractivity contribution >= 4 is 16.9 Å². The molecule has 0 aliphatic carbocycles. The largest absolute Gasteiger partial charge is 0.378 e. The first-order valence-electron chi connectivity index (χ1n) is 8.17. The van der Waals surface area contributed by atoms with Crippen molar-refractivity contribution in [3.63, 3.8) is 0 Å². The summed E-state index contributed by atoms with van der Waals surface area (Å²) in [6.07, 6.45) is 3.82. The van der Waals surface area contributed by atoms with E-state index in [1.165, 1.54) is 0 Å². The van der Waals surface area contributed by atoms with Gasteiger partial charge in [-0.05, 0) is 17.7 Å². The molecule has 0 radical (unpaired) electrons. The zero-order valence-corrected chi connectivity index (χ0v) is 13.4. The van der Waals surface area contributed by atoms with E-state index < -0.39 is 0 Å². The zero-order valence-electron chi connectivity index (χ0n) is 13.4. The first kappa shape index (κ1) is 14.9. The van der Waals surface area contributed by atoms with Gasteiger partial charge in [0, 0.05) is 31.0 Å². The molecule has 24 heavy (non-hydrogen) atoms. The Morgan fingerprint density at radius 1 is 1.08 bits per heavy atom. The first-order chi connectivity index (χ1) is 11.8. The van der Waals surface area contributed by atoms with Gasteiger partial charge in [0.15, 0.2) is 0 Å². The van der Waals surface area contributed by atoms with E-state index in [1.54, 1.807) is 0 Å². The Labute approximate surface area is 140 Å². The number of rotatable bonds is 3. The fourth-order valence-corrected chi connectivity index (χ4v) is 3.05. The minimum absolute atomic E-state index is 0.126. The second-order valence-electron chi connectivity index (χ2n) is 5.93. The third-order valence-electron chi connectivity index (χ3n) is 4.40. The molecule has 4 rings (SSSR count). The summed E-state index contributed by atoms with van der Waals surface area (Å²) in [5.74, 6) is 0.126. The number of morpholine rings is 1. The molecule has 0 unspecified atom stereocenters. The Balaban J connectivity index is 1.62. The third kappa shape index (κ3) is 2.90. The molecule has 1 fully saturated rings. The molecule has 5 heteroatoms. The Kier molecular flexibility index (Phi) is 4.01. The van der Waals surface area contributed by atoms with E-state index in [2.05, 4.69) is 23.2 Å². The number of amides is 1. The van der Waals surface area contributed by atoms with Gasteiger partial charge in [0.25, 0.3) is 0 Å². The molecule has 1 saturated heterocycles. The van der Waals surface area contributed by atoms with Crippen LogP contribution in [0.3, 0.4) is 0 Å². The average Bonchev–Trinajstić information content (AvgIpc) is 3.05. The molecule has 1 aliphatic rings. The van der Waals surface area contributed by atoms with Gasteiger partial charge in [-0.2, -0.15) is 0 Å². The van der Waals surface area contributed by atoms with Gasteiger partial charge in [0.1, 0.15) is 6.54 Å². The van der Waals surface area contributed by atoms with Crippen molar-refractivity contribution < 1.29 is 9.53 Å². The maximum Gasteiger partial charge on any atom is 0.242 e. The summed E-state index contributed by atoms with van der Waals surface area (Å²) >= 11 is 0. The van der Waals surface area contributed by atoms with E-state index in [4.69, 9.17) is 4.74 Å². The molecular formula is C19H19N3O2. The molecule has 0 atom stereocenters. The van der Waals surface area contributed by atoms with Crippen LogP contribution in [0.4, 0.5) is 0 Å². The normalized spacial score (nSPS) is 14.9. The smallest absolute Gasteiger partial charge is 0.242 e. The minimum Gasteiger partial charge on any atom is -0.378 e. The number of aromatic nitrogens is 2. The Bertz CT molecular complexity index is 851. The monoisotopic (exact) mass is 321 g/mol. The lowest BCUT2D eigenvalue weighted by molar-refractivity contribution is -0.135. The van der Waals surface area contributed by atoms with Crippen molar-refractivity contribution in [2.75, 3.05) is 26.3 Å². The topological polar surface area (TPSA) is 47.4 Å². The summed E-state index contributed by atoms with van der Waals surface area (Å²) in [5.41, 5.74) is 4.07. The van der Waals surface area contributed by atoms with Crippen molar-refractivity contribution in [2.45, 2.75) is 6.54 Å². The quantitative estimate of drug-likeness (QED) is 0.745. The second kappa shape index (κ2) is 6.45. The van der Waals surface area contributed by atoms with Crippen LogP contribution >= 0.6 is 0 Å². The lowest BCUT2D eigenvalue weighted by atomic mass is 10.1. The van der Waals surface area contributed by atoms with Crippen LogP contribution in [-0.4, -0.2) is 46.7 Å². The van der Waals surface area contributed by atoms with Gasteiger partial charge in [-0.3, -0.25) is 9.78 Å². The number of ether oxygens (including phenoxy) is 1. The van der Waals surface area contributed by atoms with Crippen LogP contribution in [0.25, 0.3) is 22.2 Å². The molecule has 0 spiro atoms. The first-order valence-corrected chi connectivity index (χ1v) is 8.17. The Hall–Kier alpha value is -2.66. The summed E-state index contributed by atoms with van der Waals surface area (Å²) in [6, 6.07) is 14.2. The van der Waals surface area contributed by atoms with Gasteiger partial charge in [-0.1, -0.05) is 30.3 Å². The van der Waals surface area contributed by atoms with Gasteiger partial charge in [0.2, 0.25) is 5.91 Å². The molecule has 5 nitrogen and oxygen atoms in total. The maximum absolute atomic E-state index is 12.5. The minimum atomic E-state index is 0.126. The van der Waals surface area contributed by atoms with Crippen LogP contribution in [-0.2, 0) is 16.1 Å². The van der Waals surface area contributed by atoms with Crippen molar-refractivity contribution in [2.24, 2.45) is 0 Å². The Morgan fingerprint density at radius 2 is 1.88 bits per heavy atom. The summed E-state index contributed by atoms with van der Waals surface area (Å²) < 4.78 is 7.29. The average molecular weight is 321 g/mol. The number of hydrogen-bond acceptors (Lipinski definition) is 3. The Morgan fingerprint density at radius 3 is 2.67 bits per heavy atom. The molecular weight excluding hydrogens is 302 g/mol. The van der Waals surface area contributed by atoms with Crippen molar-refractivity contribution in [3.8, 4) is 11.1 Å². The third-order valence-corrected chi connectivity index (χ3v) is 4.40. The predicted octanol–water partition coefficient (Wildman–Crippen LogP) is 2.56. The van der Waals surface area contributed by atoms with E-state index in [0.717, 1.165) is 22.2 Å². The number of fused-ring (bicyclic) bond motifs is 1. The fraction of sp³-hybridized carbons (Fsp3) is 0.263. The molecule has 3 aromatic rings. The van der Waals surface area contributed by atoms with E-state index in [0.29, 0.717) is 32.8 Å². The molecule has 122 valence electrons. The fourth-order valence-electron chi connectivity index (χ4n) is 3.05. The van der Waals surface area contributed by atoms with Crippen LogP contribution in [0.2, 0.25) is 0 Å². The molecule has 0 N–H and O–H groups in total. The predicted molar refractivity (Wildman–Crippen MR) is 92.6 cm³/mol.